The molecule has 2 saturated carbocycles. The molecule has 3 aliphatic rings. The molecule has 3 rings (SSSR count). The van der Waals surface area contributed by atoms with Gasteiger partial charge in [0.1, 0.15) is 6.17 Å². The Balaban J connectivity index is 1.56. The van der Waals surface area contributed by atoms with Crippen LogP contribution in [0.2, 0.25) is 0 Å². The summed E-state index contributed by atoms with van der Waals surface area (Å²) in [6, 6.07) is 0. The second kappa shape index (κ2) is 6.89. The van der Waals surface area contributed by atoms with Gasteiger partial charge in [-0.05, 0) is 74.7 Å². The quantitative estimate of drug-likeness (QED) is 0.547. The summed E-state index contributed by atoms with van der Waals surface area (Å²) in [6.45, 7) is 6.42. The lowest BCUT2D eigenvalue weighted by Crippen LogP contribution is -2.29. The first-order chi connectivity index (χ1) is 10.6. The highest BCUT2D eigenvalue weighted by molar-refractivity contribution is 5.30. The third-order valence-electron chi connectivity index (χ3n) is 6.91. The van der Waals surface area contributed by atoms with Gasteiger partial charge in [-0.1, -0.05) is 44.4 Å². The first kappa shape index (κ1) is 16.3. The van der Waals surface area contributed by atoms with E-state index in [2.05, 4.69) is 19.9 Å². The molecule has 0 saturated heterocycles. The minimum atomic E-state index is -0.752. The van der Waals surface area contributed by atoms with Gasteiger partial charge in [-0.2, -0.15) is 0 Å². The fourth-order valence-corrected chi connectivity index (χ4v) is 5.22. The van der Waals surface area contributed by atoms with E-state index in [0.29, 0.717) is 5.92 Å². The second-order valence-corrected chi connectivity index (χ2v) is 8.40. The van der Waals surface area contributed by atoms with Gasteiger partial charge in [-0.25, -0.2) is 4.39 Å². The van der Waals surface area contributed by atoms with Gasteiger partial charge >= 0.3 is 0 Å². The van der Waals surface area contributed by atoms with Crippen molar-refractivity contribution in [2.75, 3.05) is 0 Å². The van der Waals surface area contributed by atoms with E-state index in [1.807, 2.05) is 13.0 Å². The molecular formula is C21H33F. The van der Waals surface area contributed by atoms with Crippen molar-refractivity contribution in [3.8, 4) is 0 Å². The number of hydrogen-bond acceptors (Lipinski definition) is 0. The molecule has 0 bridgehead atoms. The van der Waals surface area contributed by atoms with Crippen LogP contribution in [-0.2, 0) is 0 Å². The molecule has 0 aliphatic heterocycles. The van der Waals surface area contributed by atoms with Crippen molar-refractivity contribution >= 4 is 0 Å². The third-order valence-corrected chi connectivity index (χ3v) is 6.91. The summed E-state index contributed by atoms with van der Waals surface area (Å²) in [6.07, 6.45) is 14.7. The van der Waals surface area contributed by atoms with Crippen molar-refractivity contribution in [3.63, 3.8) is 0 Å². The van der Waals surface area contributed by atoms with Crippen molar-refractivity contribution in [3.05, 3.63) is 23.3 Å². The molecule has 0 spiro atoms. The summed E-state index contributed by atoms with van der Waals surface area (Å²) in [4.78, 5) is 0. The van der Waals surface area contributed by atoms with Crippen molar-refractivity contribution in [2.24, 2.45) is 29.6 Å². The number of allylic oxidation sites excluding steroid dienone is 4. The van der Waals surface area contributed by atoms with Crippen LogP contribution in [0.15, 0.2) is 23.3 Å². The average Bonchev–Trinajstić information content (AvgIpc) is 2.54. The van der Waals surface area contributed by atoms with Crippen LogP contribution in [0.4, 0.5) is 4.39 Å². The van der Waals surface area contributed by atoms with Crippen LogP contribution in [0.1, 0.15) is 72.1 Å². The van der Waals surface area contributed by atoms with Crippen molar-refractivity contribution in [2.45, 2.75) is 78.3 Å². The van der Waals surface area contributed by atoms with Gasteiger partial charge < -0.3 is 0 Å². The summed E-state index contributed by atoms with van der Waals surface area (Å²) < 4.78 is 14.3. The Kier molecular flexibility index (Phi) is 5.10. The van der Waals surface area contributed by atoms with Gasteiger partial charge in [0, 0.05) is 5.92 Å². The number of alkyl halides is 1. The van der Waals surface area contributed by atoms with Crippen molar-refractivity contribution < 1.29 is 4.39 Å². The molecule has 0 heterocycles. The van der Waals surface area contributed by atoms with Crippen LogP contribution in [0.5, 0.6) is 0 Å². The smallest absolute Gasteiger partial charge is 0.127 e. The largest absolute Gasteiger partial charge is 0.242 e. The minimum Gasteiger partial charge on any atom is -0.242 e. The average molecular weight is 304 g/mol. The number of halogens is 1. The molecule has 124 valence electrons. The molecule has 0 aromatic heterocycles. The van der Waals surface area contributed by atoms with Crippen LogP contribution in [0.25, 0.3) is 0 Å². The topological polar surface area (TPSA) is 0 Å². The maximum Gasteiger partial charge on any atom is 0.127 e. The summed E-state index contributed by atoms with van der Waals surface area (Å²) in [7, 11) is 0. The van der Waals surface area contributed by atoms with Gasteiger partial charge in [-0.3, -0.25) is 0 Å². The molecule has 2 fully saturated rings. The van der Waals surface area contributed by atoms with Crippen LogP contribution >= 0.6 is 0 Å². The number of rotatable bonds is 2. The Hall–Kier alpha value is -0.590. The predicted molar refractivity (Wildman–Crippen MR) is 92.5 cm³/mol. The molecule has 0 N–H and O–H groups in total. The Bertz CT molecular complexity index is 431. The molecule has 0 aromatic rings. The zero-order chi connectivity index (χ0) is 15.7. The van der Waals surface area contributed by atoms with Crippen LogP contribution in [0.3, 0.4) is 0 Å². The molecule has 0 radical (unpaired) electrons. The van der Waals surface area contributed by atoms with Gasteiger partial charge in [0.15, 0.2) is 0 Å². The Morgan fingerprint density at radius 1 is 0.818 bits per heavy atom. The highest BCUT2D eigenvalue weighted by atomic mass is 19.1. The zero-order valence-corrected chi connectivity index (χ0v) is 14.7. The van der Waals surface area contributed by atoms with E-state index in [-0.39, 0.29) is 5.92 Å². The van der Waals surface area contributed by atoms with Gasteiger partial charge in [-0.15, -0.1) is 0 Å². The Morgan fingerprint density at radius 3 is 1.95 bits per heavy atom. The van der Waals surface area contributed by atoms with Gasteiger partial charge in [0.25, 0.3) is 0 Å². The highest BCUT2D eigenvalue weighted by Gasteiger charge is 2.34. The lowest BCUT2D eigenvalue weighted by molar-refractivity contribution is 0.153. The fourth-order valence-electron chi connectivity index (χ4n) is 5.22. The summed E-state index contributed by atoms with van der Waals surface area (Å²) in [5.74, 6) is 3.66. The minimum absolute atomic E-state index is 0.0991. The van der Waals surface area contributed by atoms with E-state index in [1.165, 1.54) is 56.9 Å². The first-order valence-corrected chi connectivity index (χ1v) is 9.58. The van der Waals surface area contributed by atoms with Gasteiger partial charge in [0.2, 0.25) is 0 Å². The van der Waals surface area contributed by atoms with E-state index in [1.54, 1.807) is 0 Å². The molecule has 0 nitrogen and oxygen atoms in total. The molecular weight excluding hydrogens is 271 g/mol. The summed E-state index contributed by atoms with van der Waals surface area (Å²) >= 11 is 0. The molecule has 3 aliphatic carbocycles. The van der Waals surface area contributed by atoms with Crippen LogP contribution < -0.4 is 0 Å². The van der Waals surface area contributed by atoms with E-state index >= 15 is 0 Å². The summed E-state index contributed by atoms with van der Waals surface area (Å²) in [5, 5.41) is 0. The SMILES string of the molecule is CC1=CC=C(C2CCC(C3CCC(C)CC3)CC2)C(C)C1F. The predicted octanol–water partition coefficient (Wildman–Crippen LogP) is 6.48. The molecule has 22 heavy (non-hydrogen) atoms. The monoisotopic (exact) mass is 304 g/mol. The van der Waals surface area contributed by atoms with Crippen molar-refractivity contribution in [1.29, 1.82) is 0 Å². The molecule has 2 unspecified atom stereocenters. The highest BCUT2D eigenvalue weighted by Crippen LogP contribution is 2.45. The zero-order valence-electron chi connectivity index (χ0n) is 14.7. The molecule has 2 atom stereocenters. The molecule has 0 aromatic carbocycles. The fraction of sp³-hybridized carbons (Fsp3) is 0.810. The van der Waals surface area contributed by atoms with Gasteiger partial charge in [0.05, 0.1) is 0 Å². The lowest BCUT2D eigenvalue weighted by atomic mass is 9.66. The van der Waals surface area contributed by atoms with Crippen molar-refractivity contribution in [1.82, 2.24) is 0 Å². The van der Waals surface area contributed by atoms with E-state index in [4.69, 9.17) is 0 Å². The van der Waals surface area contributed by atoms with E-state index < -0.39 is 6.17 Å². The standard InChI is InChI=1S/C21H33F/c1-14-4-7-17(8-5-14)18-9-11-19(12-10-18)20-13-6-15(2)21(22)16(20)3/h6,13-14,16-19,21H,4-5,7-12H2,1-3H3. The maximum absolute atomic E-state index is 14.3. The van der Waals surface area contributed by atoms with Crippen LogP contribution in [-0.4, -0.2) is 6.17 Å². The maximum atomic E-state index is 14.3. The molecule has 1 heteroatoms. The Labute approximate surface area is 136 Å². The lowest BCUT2D eigenvalue weighted by Gasteiger charge is -2.39. The second-order valence-electron chi connectivity index (χ2n) is 8.40. The van der Waals surface area contributed by atoms with E-state index in [9.17, 15) is 4.39 Å². The summed E-state index contributed by atoms with van der Waals surface area (Å²) in [5.41, 5.74) is 2.30. The third kappa shape index (κ3) is 3.34. The number of hydrogen-bond donors (Lipinski definition) is 0. The first-order valence-electron chi connectivity index (χ1n) is 9.58. The van der Waals surface area contributed by atoms with E-state index in [0.717, 1.165) is 23.3 Å². The Morgan fingerprint density at radius 2 is 1.36 bits per heavy atom. The normalized spacial score (nSPS) is 43.5. The van der Waals surface area contributed by atoms with Crippen LogP contribution in [0, 0.1) is 29.6 Å². The molecule has 0 amide bonds.